The van der Waals surface area contributed by atoms with Gasteiger partial charge in [0.25, 0.3) is 0 Å². The average Bonchev–Trinajstić information content (AvgIpc) is 3.67. The van der Waals surface area contributed by atoms with Crippen molar-refractivity contribution in [2.75, 3.05) is 0 Å². The highest BCUT2D eigenvalue weighted by molar-refractivity contribution is 7.20. The first-order chi connectivity index (χ1) is 33.2. The summed E-state index contributed by atoms with van der Waals surface area (Å²) < 4.78 is 344. The van der Waals surface area contributed by atoms with E-state index in [1.54, 1.807) is 11.3 Å². The number of para-hydroxylation sites is 1. The number of thiazole rings is 1. The molecule has 0 atom stereocenters. The summed E-state index contributed by atoms with van der Waals surface area (Å²) in [5.74, 6) is 0. The molecule has 7 rings (SSSR count). The van der Waals surface area contributed by atoms with E-state index in [4.69, 9.17) is 0 Å². The normalized spacial score (nSPS) is 13.5. The monoisotopic (exact) mass is 1090 g/mol. The Labute approximate surface area is 397 Å². The van der Waals surface area contributed by atoms with Crippen LogP contribution in [0.15, 0.2) is 133 Å². The van der Waals surface area contributed by atoms with Crippen LogP contribution in [0.5, 0.6) is 0 Å². The van der Waals surface area contributed by atoms with Gasteiger partial charge in [-0.05, 0) is 30.3 Å². The van der Waals surface area contributed by atoms with Crippen LogP contribution in [-0.4, -0.2) is 6.15 Å². The molecule has 0 bridgehead atoms. The highest BCUT2D eigenvalue weighted by atomic mass is 32.1. The Morgan fingerprint density at radius 3 is 0.822 bits per heavy atom. The summed E-state index contributed by atoms with van der Waals surface area (Å²) in [5, 5.41) is 0. The summed E-state index contributed by atoms with van der Waals surface area (Å²) in [4.78, 5) is 0. The molecule has 0 amide bonds. The summed E-state index contributed by atoms with van der Waals surface area (Å²) in [6.45, 7) is 0.949. The second-order valence-electron chi connectivity index (χ2n) is 16.0. The fourth-order valence-electron chi connectivity index (χ4n) is 7.94. The van der Waals surface area contributed by atoms with Crippen LogP contribution in [0.3, 0.4) is 0 Å². The lowest BCUT2D eigenvalue weighted by atomic mass is 9.12. The minimum absolute atomic E-state index is 0.691. The van der Waals surface area contributed by atoms with E-state index in [0.717, 1.165) is 6.54 Å². The number of hydrogen-bond acceptors (Lipinski definition) is 1. The summed E-state index contributed by atoms with van der Waals surface area (Å²) >= 11 is 1.80. The van der Waals surface area contributed by atoms with E-state index in [9.17, 15) is 105 Å². The molecule has 0 unspecified atom stereocenters. The molecule has 0 N–H and O–H groups in total. The molecule has 0 spiro atoms. The van der Waals surface area contributed by atoms with E-state index >= 15 is 0 Å². The number of rotatable bonds is 6. The van der Waals surface area contributed by atoms with Gasteiger partial charge in [0.1, 0.15) is 10.8 Å². The summed E-state index contributed by atoms with van der Waals surface area (Å²) in [5.41, 5.74) is -25.4. The van der Waals surface area contributed by atoms with Crippen LogP contribution in [0.1, 0.15) is 50.1 Å². The van der Waals surface area contributed by atoms with Crippen LogP contribution in [0, 0.1) is 0 Å². The van der Waals surface area contributed by atoms with Gasteiger partial charge in [0.2, 0.25) is 11.0 Å². The third-order valence-corrected chi connectivity index (χ3v) is 12.1. The second kappa shape index (κ2) is 19.1. The van der Waals surface area contributed by atoms with Crippen molar-refractivity contribution in [1.82, 2.24) is 0 Å². The summed E-state index contributed by atoms with van der Waals surface area (Å²) in [6, 6.07) is 10.3. The highest BCUT2D eigenvalue weighted by Crippen LogP contribution is 2.41. The zero-order valence-corrected chi connectivity index (χ0v) is 36.2. The lowest BCUT2D eigenvalue weighted by molar-refractivity contribution is -0.658. The molecule has 1 heterocycles. The smallest absolute Gasteiger partial charge is 0.194 e. The van der Waals surface area contributed by atoms with Crippen molar-refractivity contribution in [2.24, 2.45) is 0 Å². The SMILES string of the molecule is FC(F)(F)c1cc([B-](c2cc(C(F)(F)F)cc(C(F)(F)F)c2)(c2cc(C(F)(F)F)cc(C(F)(F)F)c2)c2cc(C(F)(F)F)cc(C(F)(F)F)c2)cc(C(F)(F)F)c1.c1ccc(C[n+]2csc3ccccc32)cc1. The number of hydrogen-bond donors (Lipinski definition) is 0. The zero-order valence-electron chi connectivity index (χ0n) is 35.4. The number of benzene rings is 6. The zero-order chi connectivity index (χ0) is 54.7. The largest absolute Gasteiger partial charge is 0.416 e. The number of fused-ring (bicyclic) bond motifs is 1. The third kappa shape index (κ3) is 12.5. The van der Waals surface area contributed by atoms with Crippen molar-refractivity contribution in [2.45, 2.75) is 56.0 Å². The van der Waals surface area contributed by atoms with Crippen LogP contribution in [0.4, 0.5) is 105 Å². The van der Waals surface area contributed by atoms with Gasteiger partial charge in [0.15, 0.2) is 6.54 Å². The Morgan fingerprint density at radius 2 is 0.562 bits per heavy atom. The molecule has 0 aliphatic rings. The predicted molar refractivity (Wildman–Crippen MR) is 218 cm³/mol. The van der Waals surface area contributed by atoms with Crippen LogP contribution in [-0.2, 0) is 56.0 Å². The fourth-order valence-corrected chi connectivity index (χ4v) is 8.84. The quantitative estimate of drug-likeness (QED) is 0.0888. The molecule has 0 aliphatic heterocycles. The van der Waals surface area contributed by atoms with Crippen LogP contribution in [0.2, 0.25) is 0 Å². The van der Waals surface area contributed by atoms with Crippen molar-refractivity contribution < 1.29 is 110 Å². The van der Waals surface area contributed by atoms with Crippen molar-refractivity contribution in [1.29, 1.82) is 0 Å². The molecule has 1 nitrogen and oxygen atoms in total. The first kappa shape index (κ1) is 55.9. The van der Waals surface area contributed by atoms with Gasteiger partial charge < -0.3 is 0 Å². The standard InChI is InChI=1S/C32H12BF24.C14H12NS/c34-25(35,36)13-1-14(26(37,38)39)6-21(5-13)33(22-7-15(27(40,41)42)2-16(8-22)28(43,44)45,23-9-17(29(46,47)48)3-18(10-23)30(49,50)51)24-11-19(31(52,53)54)4-20(12-24)32(55,56)57;1-2-6-12(7-3-1)10-15-11-16-14-9-5-4-8-13(14)15/h1-12H;1-9,11H,10H2/q-1;+1. The average molecular weight is 1090 g/mol. The van der Waals surface area contributed by atoms with Crippen LogP contribution < -0.4 is 26.4 Å². The van der Waals surface area contributed by atoms with Gasteiger partial charge in [0, 0.05) is 11.6 Å². The molecule has 0 saturated heterocycles. The molecule has 27 heteroatoms. The number of aromatic nitrogens is 1. The Balaban J connectivity index is 0.000000453. The van der Waals surface area contributed by atoms with Gasteiger partial charge in [-0.25, -0.2) is 0 Å². The van der Waals surface area contributed by atoms with Gasteiger partial charge in [0.05, 0.1) is 44.5 Å². The van der Waals surface area contributed by atoms with Crippen molar-refractivity contribution >= 4 is 49.6 Å². The van der Waals surface area contributed by atoms with Gasteiger partial charge >= 0.3 is 49.4 Å². The minimum Gasteiger partial charge on any atom is -0.194 e. The van der Waals surface area contributed by atoms with E-state index in [2.05, 4.69) is 64.7 Å². The Kier molecular flexibility index (Phi) is 14.7. The topological polar surface area (TPSA) is 3.88 Å². The van der Waals surface area contributed by atoms with Crippen molar-refractivity contribution in [3.8, 4) is 0 Å². The lowest BCUT2D eigenvalue weighted by Crippen LogP contribution is -2.75. The molecular formula is C46H24BF24NS. The van der Waals surface area contributed by atoms with E-state index in [1.165, 1.54) is 15.8 Å². The van der Waals surface area contributed by atoms with Gasteiger partial charge in [-0.1, -0.05) is 102 Å². The minimum atomic E-state index is -6.13. The maximum absolute atomic E-state index is 14.2. The molecule has 0 saturated carbocycles. The predicted octanol–water partition coefficient (Wildman–Crippen LogP) is 14.5. The highest BCUT2D eigenvalue weighted by Gasteiger charge is 2.47. The Morgan fingerprint density at radius 1 is 0.315 bits per heavy atom. The van der Waals surface area contributed by atoms with E-state index in [1.807, 2.05) is 0 Å². The molecule has 6 aromatic carbocycles. The molecule has 0 fully saturated rings. The molecule has 0 radical (unpaired) electrons. The van der Waals surface area contributed by atoms with Crippen molar-refractivity contribution in [3.63, 3.8) is 0 Å². The lowest BCUT2D eigenvalue weighted by Gasteiger charge is -2.46. The summed E-state index contributed by atoms with van der Waals surface area (Å²) in [6.07, 6.45) is -54.8. The fraction of sp³-hybridized carbons (Fsp3) is 0.196. The van der Waals surface area contributed by atoms with Crippen molar-refractivity contribution in [3.05, 3.63) is 183 Å². The Hall–Kier alpha value is -6.41. The summed E-state index contributed by atoms with van der Waals surface area (Å²) in [7, 11) is 0. The number of alkyl halides is 24. The molecular weight excluding hydrogens is 1070 g/mol. The van der Waals surface area contributed by atoms with Crippen LogP contribution in [0.25, 0.3) is 10.2 Å². The third-order valence-electron chi connectivity index (χ3n) is 11.1. The van der Waals surface area contributed by atoms with Gasteiger partial charge in [-0.2, -0.15) is 132 Å². The van der Waals surface area contributed by atoms with E-state index in [-0.39, 0.29) is 0 Å². The van der Waals surface area contributed by atoms with Gasteiger partial charge in [-0.3, -0.25) is 0 Å². The molecule has 73 heavy (non-hydrogen) atoms. The Bertz CT molecular complexity index is 2660. The maximum Gasteiger partial charge on any atom is 0.416 e. The first-order valence-electron chi connectivity index (χ1n) is 19.9. The van der Waals surface area contributed by atoms with E-state index < -0.39 is 195 Å². The van der Waals surface area contributed by atoms with E-state index in [0.29, 0.717) is 0 Å². The number of halogens is 24. The van der Waals surface area contributed by atoms with Crippen LogP contribution >= 0.6 is 11.3 Å². The first-order valence-corrected chi connectivity index (χ1v) is 20.8. The molecule has 7 aromatic rings. The number of nitrogens with zero attached hydrogens (tertiary/aromatic N) is 1. The molecule has 390 valence electrons. The maximum atomic E-state index is 14.2. The molecule has 1 aromatic heterocycles. The molecule has 0 aliphatic carbocycles. The second-order valence-corrected chi connectivity index (χ2v) is 16.9. The van der Waals surface area contributed by atoms with Gasteiger partial charge in [-0.15, -0.1) is 0 Å².